The molecule has 0 saturated heterocycles. The number of hydrogen-bond donors (Lipinski definition) is 1. The highest BCUT2D eigenvalue weighted by atomic mass is 16.2. The second-order valence-corrected chi connectivity index (χ2v) is 4.49. The molecule has 0 aliphatic heterocycles. The second-order valence-electron chi connectivity index (χ2n) is 4.49. The first kappa shape index (κ1) is 12.4. The predicted molar refractivity (Wildman–Crippen MR) is 73.5 cm³/mol. The Balaban J connectivity index is 2.19. The summed E-state index contributed by atoms with van der Waals surface area (Å²) < 4.78 is 0. The molecule has 4 heteroatoms. The van der Waals surface area contributed by atoms with Crippen LogP contribution in [0, 0.1) is 0 Å². The van der Waals surface area contributed by atoms with E-state index < -0.39 is 0 Å². The van der Waals surface area contributed by atoms with Crippen molar-refractivity contribution in [2.24, 2.45) is 0 Å². The number of hydrogen-bond acceptors (Lipinski definition) is 3. The maximum Gasteiger partial charge on any atom is 0.244 e. The Morgan fingerprint density at radius 1 is 1.22 bits per heavy atom. The largest absolute Gasteiger partial charge is 0.359 e. The predicted octanol–water partition coefficient (Wildman–Crippen LogP) is 2.12. The van der Waals surface area contributed by atoms with Gasteiger partial charge in [-0.2, -0.15) is 0 Å². The van der Waals surface area contributed by atoms with Crippen LogP contribution in [0.3, 0.4) is 0 Å². The first-order valence-corrected chi connectivity index (χ1v) is 5.91. The van der Waals surface area contributed by atoms with Gasteiger partial charge in [0.1, 0.15) is 11.9 Å². The van der Waals surface area contributed by atoms with Gasteiger partial charge >= 0.3 is 0 Å². The Morgan fingerprint density at radius 2 is 1.94 bits per heavy atom. The third-order valence-electron chi connectivity index (χ3n) is 2.77. The molecule has 0 unspecified atom stereocenters. The molecule has 2 rings (SSSR count). The maximum atomic E-state index is 11.7. The number of anilines is 1. The third kappa shape index (κ3) is 2.59. The minimum absolute atomic E-state index is 0.0324. The standard InChI is InChI=1S/C14H17N3O/c1-10(14(18)17(2)3)15-13-9-8-11-6-4-5-7-12(11)16-13/h4-10H,1-3H3,(H,15,16)/t10-/m0/s1. The molecule has 0 saturated carbocycles. The Morgan fingerprint density at radius 3 is 2.67 bits per heavy atom. The van der Waals surface area contributed by atoms with Crippen LogP contribution in [-0.4, -0.2) is 35.9 Å². The van der Waals surface area contributed by atoms with Crippen LogP contribution in [0.15, 0.2) is 36.4 Å². The van der Waals surface area contributed by atoms with Gasteiger partial charge in [-0.1, -0.05) is 18.2 Å². The van der Waals surface area contributed by atoms with E-state index in [4.69, 9.17) is 0 Å². The molecule has 0 aliphatic rings. The number of aromatic nitrogens is 1. The van der Waals surface area contributed by atoms with E-state index in [0.29, 0.717) is 0 Å². The topological polar surface area (TPSA) is 45.2 Å². The van der Waals surface area contributed by atoms with E-state index in [1.165, 1.54) is 0 Å². The zero-order valence-electron chi connectivity index (χ0n) is 10.8. The van der Waals surface area contributed by atoms with Crippen LogP contribution in [0.1, 0.15) is 6.92 Å². The molecule has 4 nitrogen and oxygen atoms in total. The molecule has 1 N–H and O–H groups in total. The van der Waals surface area contributed by atoms with Crippen molar-refractivity contribution in [1.29, 1.82) is 0 Å². The number of likely N-dealkylation sites (N-methyl/N-ethyl adjacent to an activating group) is 1. The molecule has 1 aromatic heterocycles. The first-order chi connectivity index (χ1) is 8.58. The molecule has 1 aromatic carbocycles. The number of nitrogens with zero attached hydrogens (tertiary/aromatic N) is 2. The summed E-state index contributed by atoms with van der Waals surface area (Å²) in [4.78, 5) is 17.8. The summed E-state index contributed by atoms with van der Waals surface area (Å²) in [6.45, 7) is 1.83. The summed E-state index contributed by atoms with van der Waals surface area (Å²) in [5.41, 5.74) is 0.923. The van der Waals surface area contributed by atoms with Crippen molar-refractivity contribution in [1.82, 2.24) is 9.88 Å². The molecular formula is C14H17N3O. The number of nitrogens with one attached hydrogen (secondary N) is 1. The quantitative estimate of drug-likeness (QED) is 0.898. The molecule has 94 valence electrons. The van der Waals surface area contributed by atoms with Gasteiger partial charge in [-0.15, -0.1) is 0 Å². The average Bonchev–Trinajstić information content (AvgIpc) is 2.37. The fourth-order valence-electron chi connectivity index (χ4n) is 1.82. The molecule has 0 fully saturated rings. The van der Waals surface area contributed by atoms with Gasteiger partial charge in [-0.3, -0.25) is 4.79 Å². The van der Waals surface area contributed by atoms with Gasteiger partial charge in [0.2, 0.25) is 5.91 Å². The SMILES string of the molecule is C[C@H](Nc1ccc2ccccc2n1)C(=O)N(C)C. The minimum Gasteiger partial charge on any atom is -0.359 e. The summed E-state index contributed by atoms with van der Waals surface area (Å²) in [7, 11) is 3.49. The summed E-state index contributed by atoms with van der Waals surface area (Å²) >= 11 is 0. The van der Waals surface area contributed by atoms with Crippen LogP contribution < -0.4 is 5.32 Å². The maximum absolute atomic E-state index is 11.7. The van der Waals surface area contributed by atoms with E-state index >= 15 is 0 Å². The van der Waals surface area contributed by atoms with Crippen molar-refractivity contribution in [2.75, 3.05) is 19.4 Å². The number of benzene rings is 1. The van der Waals surface area contributed by atoms with Crippen molar-refractivity contribution in [3.63, 3.8) is 0 Å². The fourth-order valence-corrected chi connectivity index (χ4v) is 1.82. The van der Waals surface area contributed by atoms with E-state index in [0.717, 1.165) is 16.7 Å². The lowest BCUT2D eigenvalue weighted by Crippen LogP contribution is -2.36. The van der Waals surface area contributed by atoms with Crippen LogP contribution in [0.5, 0.6) is 0 Å². The van der Waals surface area contributed by atoms with Gasteiger partial charge in [-0.25, -0.2) is 4.98 Å². The van der Waals surface area contributed by atoms with E-state index in [1.807, 2.05) is 43.3 Å². The molecule has 2 aromatic rings. The smallest absolute Gasteiger partial charge is 0.244 e. The van der Waals surface area contributed by atoms with Crippen molar-refractivity contribution >= 4 is 22.6 Å². The van der Waals surface area contributed by atoms with Gasteiger partial charge < -0.3 is 10.2 Å². The van der Waals surface area contributed by atoms with Crippen LogP contribution in [0.4, 0.5) is 5.82 Å². The first-order valence-electron chi connectivity index (χ1n) is 5.91. The lowest BCUT2D eigenvalue weighted by atomic mass is 10.2. The van der Waals surface area contributed by atoms with Crippen molar-refractivity contribution in [2.45, 2.75) is 13.0 Å². The number of pyridine rings is 1. The van der Waals surface area contributed by atoms with Crippen LogP contribution in [-0.2, 0) is 4.79 Å². The zero-order chi connectivity index (χ0) is 13.1. The Kier molecular flexibility index (Phi) is 3.46. The van der Waals surface area contributed by atoms with Crippen molar-refractivity contribution < 1.29 is 4.79 Å². The summed E-state index contributed by atoms with van der Waals surface area (Å²) in [6.07, 6.45) is 0. The lowest BCUT2D eigenvalue weighted by Gasteiger charge is -2.18. The van der Waals surface area contributed by atoms with Crippen LogP contribution in [0.2, 0.25) is 0 Å². The van der Waals surface area contributed by atoms with Crippen LogP contribution in [0.25, 0.3) is 10.9 Å². The molecule has 0 aliphatic carbocycles. The van der Waals surface area contributed by atoms with Gasteiger partial charge in [0.15, 0.2) is 0 Å². The summed E-state index contributed by atoms with van der Waals surface area (Å²) in [5.74, 6) is 0.751. The number of rotatable bonds is 3. The van der Waals surface area contributed by atoms with Gasteiger partial charge in [0, 0.05) is 19.5 Å². The number of carbonyl (C=O) groups excluding carboxylic acids is 1. The fraction of sp³-hybridized carbons (Fsp3) is 0.286. The Hall–Kier alpha value is -2.10. The molecular weight excluding hydrogens is 226 g/mol. The number of carbonyl (C=O) groups is 1. The van der Waals surface area contributed by atoms with Crippen molar-refractivity contribution in [3.05, 3.63) is 36.4 Å². The number of para-hydroxylation sites is 1. The molecule has 1 heterocycles. The third-order valence-corrected chi connectivity index (χ3v) is 2.77. The molecule has 0 radical (unpaired) electrons. The van der Waals surface area contributed by atoms with Gasteiger partial charge in [-0.05, 0) is 25.1 Å². The summed E-state index contributed by atoms with van der Waals surface area (Å²) in [6, 6.07) is 11.5. The highest BCUT2D eigenvalue weighted by molar-refractivity contribution is 5.84. The number of fused-ring (bicyclic) bond motifs is 1. The Labute approximate surface area is 107 Å². The monoisotopic (exact) mass is 243 g/mol. The summed E-state index contributed by atoms with van der Waals surface area (Å²) in [5, 5.41) is 4.21. The van der Waals surface area contributed by atoms with Crippen LogP contribution >= 0.6 is 0 Å². The minimum atomic E-state index is -0.284. The van der Waals surface area contributed by atoms with E-state index in [-0.39, 0.29) is 11.9 Å². The zero-order valence-corrected chi connectivity index (χ0v) is 10.8. The average molecular weight is 243 g/mol. The van der Waals surface area contributed by atoms with Gasteiger partial charge in [0.25, 0.3) is 0 Å². The normalized spacial score (nSPS) is 12.2. The highest BCUT2D eigenvalue weighted by Gasteiger charge is 2.14. The van der Waals surface area contributed by atoms with E-state index in [9.17, 15) is 4.79 Å². The molecule has 1 amide bonds. The number of amides is 1. The molecule has 0 bridgehead atoms. The second kappa shape index (κ2) is 5.04. The van der Waals surface area contributed by atoms with E-state index in [1.54, 1.807) is 19.0 Å². The van der Waals surface area contributed by atoms with Crippen molar-refractivity contribution in [3.8, 4) is 0 Å². The lowest BCUT2D eigenvalue weighted by molar-refractivity contribution is -0.129. The molecule has 0 spiro atoms. The van der Waals surface area contributed by atoms with Gasteiger partial charge in [0.05, 0.1) is 5.52 Å². The molecule has 18 heavy (non-hydrogen) atoms. The Bertz CT molecular complexity index is 566. The highest BCUT2D eigenvalue weighted by Crippen LogP contribution is 2.15. The van der Waals surface area contributed by atoms with E-state index in [2.05, 4.69) is 10.3 Å². The molecule has 1 atom stereocenters.